The van der Waals surface area contributed by atoms with Gasteiger partial charge in [-0.1, -0.05) is 18.2 Å². The summed E-state index contributed by atoms with van der Waals surface area (Å²) in [4.78, 5) is 26.6. The molecule has 1 aromatic carbocycles. The molecule has 0 bridgehead atoms. The summed E-state index contributed by atoms with van der Waals surface area (Å²) in [5, 5.41) is 6.03. The first-order valence-corrected chi connectivity index (χ1v) is 6.85. The molecule has 0 radical (unpaired) electrons. The zero-order chi connectivity index (χ0) is 15.2. The predicted molar refractivity (Wildman–Crippen MR) is 83.7 cm³/mol. The van der Waals surface area contributed by atoms with Gasteiger partial charge in [0.2, 0.25) is 0 Å². The Morgan fingerprint density at radius 3 is 2.67 bits per heavy atom. The quantitative estimate of drug-likeness (QED) is 0.785. The van der Waals surface area contributed by atoms with Gasteiger partial charge in [-0.05, 0) is 26.0 Å². The SMILES string of the molecule is Cc1cc(=O)c(C(=O)NCC(C)Nc2ccccc2)c[nH]1. The number of benzene rings is 1. The summed E-state index contributed by atoms with van der Waals surface area (Å²) < 4.78 is 0. The van der Waals surface area contributed by atoms with Crippen LogP contribution < -0.4 is 16.1 Å². The van der Waals surface area contributed by atoms with Crippen molar-refractivity contribution >= 4 is 11.6 Å². The lowest BCUT2D eigenvalue weighted by Crippen LogP contribution is -2.36. The summed E-state index contributed by atoms with van der Waals surface area (Å²) in [6.07, 6.45) is 1.45. The van der Waals surface area contributed by atoms with Crippen LogP contribution in [0.2, 0.25) is 0 Å². The van der Waals surface area contributed by atoms with Crippen LogP contribution in [-0.4, -0.2) is 23.5 Å². The zero-order valence-electron chi connectivity index (χ0n) is 12.1. The molecule has 21 heavy (non-hydrogen) atoms. The number of nitrogens with one attached hydrogen (secondary N) is 3. The van der Waals surface area contributed by atoms with Gasteiger partial charge in [0.15, 0.2) is 5.43 Å². The molecule has 5 nitrogen and oxygen atoms in total. The molecule has 0 saturated carbocycles. The number of hydrogen-bond acceptors (Lipinski definition) is 3. The third-order valence-electron chi connectivity index (χ3n) is 3.06. The fourth-order valence-electron chi connectivity index (χ4n) is 1.96. The highest BCUT2D eigenvalue weighted by atomic mass is 16.2. The first-order valence-electron chi connectivity index (χ1n) is 6.85. The van der Waals surface area contributed by atoms with E-state index in [0.717, 1.165) is 11.4 Å². The molecule has 0 aliphatic heterocycles. The van der Waals surface area contributed by atoms with E-state index in [2.05, 4.69) is 15.6 Å². The number of carbonyl (C=O) groups is 1. The fraction of sp³-hybridized carbons (Fsp3) is 0.250. The van der Waals surface area contributed by atoms with E-state index in [1.54, 1.807) is 6.92 Å². The minimum atomic E-state index is -0.363. The van der Waals surface area contributed by atoms with Gasteiger partial charge < -0.3 is 15.6 Å². The Bertz CT molecular complexity index is 665. The van der Waals surface area contributed by atoms with Gasteiger partial charge in [0.1, 0.15) is 5.56 Å². The number of pyridine rings is 1. The summed E-state index contributed by atoms with van der Waals surface area (Å²) in [7, 11) is 0. The van der Waals surface area contributed by atoms with Crippen molar-refractivity contribution in [3.63, 3.8) is 0 Å². The molecule has 1 heterocycles. The lowest BCUT2D eigenvalue weighted by Gasteiger charge is -2.15. The average Bonchev–Trinajstić information content (AvgIpc) is 2.46. The van der Waals surface area contributed by atoms with Crippen molar-refractivity contribution < 1.29 is 4.79 Å². The van der Waals surface area contributed by atoms with Crippen LogP contribution in [0.5, 0.6) is 0 Å². The van der Waals surface area contributed by atoms with Crippen LogP contribution in [0.25, 0.3) is 0 Å². The molecular weight excluding hydrogens is 266 g/mol. The van der Waals surface area contributed by atoms with E-state index in [1.165, 1.54) is 12.3 Å². The van der Waals surface area contributed by atoms with Crippen LogP contribution in [0.15, 0.2) is 47.4 Å². The molecule has 1 atom stereocenters. The average molecular weight is 285 g/mol. The van der Waals surface area contributed by atoms with Crippen molar-refractivity contribution in [2.45, 2.75) is 19.9 Å². The summed E-state index contributed by atoms with van der Waals surface area (Å²) in [6.45, 7) is 4.17. The number of aromatic amines is 1. The van der Waals surface area contributed by atoms with E-state index >= 15 is 0 Å². The van der Waals surface area contributed by atoms with Gasteiger partial charge in [0.05, 0.1) is 0 Å². The number of aromatic nitrogens is 1. The van der Waals surface area contributed by atoms with Crippen LogP contribution in [0, 0.1) is 6.92 Å². The van der Waals surface area contributed by atoms with Gasteiger partial charge in [-0.3, -0.25) is 9.59 Å². The summed E-state index contributed by atoms with van der Waals surface area (Å²) in [6, 6.07) is 11.2. The van der Waals surface area contributed by atoms with Gasteiger partial charge in [0, 0.05) is 36.2 Å². The van der Waals surface area contributed by atoms with E-state index in [0.29, 0.717) is 6.54 Å². The second kappa shape index (κ2) is 6.74. The number of hydrogen-bond donors (Lipinski definition) is 3. The Morgan fingerprint density at radius 2 is 2.00 bits per heavy atom. The fourth-order valence-corrected chi connectivity index (χ4v) is 1.96. The highest BCUT2D eigenvalue weighted by Crippen LogP contribution is 2.06. The number of rotatable bonds is 5. The molecule has 110 valence electrons. The maximum absolute atomic E-state index is 12.0. The molecule has 1 amide bonds. The largest absolute Gasteiger partial charge is 0.381 e. The van der Waals surface area contributed by atoms with E-state index in [1.807, 2.05) is 37.3 Å². The number of H-pyrrole nitrogens is 1. The van der Waals surface area contributed by atoms with Crippen molar-refractivity contribution in [1.29, 1.82) is 0 Å². The highest BCUT2D eigenvalue weighted by Gasteiger charge is 2.11. The smallest absolute Gasteiger partial charge is 0.256 e. The molecule has 2 rings (SSSR count). The third-order valence-corrected chi connectivity index (χ3v) is 3.06. The second-order valence-electron chi connectivity index (χ2n) is 5.02. The molecule has 0 fully saturated rings. The summed E-state index contributed by atoms with van der Waals surface area (Å²) in [5.41, 5.74) is 1.59. The van der Waals surface area contributed by atoms with Gasteiger partial charge in [0.25, 0.3) is 5.91 Å². The normalized spacial score (nSPS) is 11.7. The number of para-hydroxylation sites is 1. The maximum atomic E-state index is 12.0. The predicted octanol–water partition coefficient (Wildman–Crippen LogP) is 1.91. The molecule has 3 N–H and O–H groups in total. The monoisotopic (exact) mass is 285 g/mol. The van der Waals surface area contributed by atoms with Crippen LogP contribution in [-0.2, 0) is 0 Å². The number of amides is 1. The Hall–Kier alpha value is -2.56. The molecule has 0 aliphatic rings. The Balaban J connectivity index is 1.90. The maximum Gasteiger partial charge on any atom is 0.256 e. The molecule has 1 unspecified atom stereocenters. The number of anilines is 1. The minimum Gasteiger partial charge on any atom is -0.381 e. The van der Waals surface area contributed by atoms with Crippen molar-refractivity contribution in [2.75, 3.05) is 11.9 Å². The number of aryl methyl sites for hydroxylation is 1. The Labute approximate surface area is 123 Å². The van der Waals surface area contributed by atoms with Crippen LogP contribution >= 0.6 is 0 Å². The minimum absolute atomic E-state index is 0.0564. The van der Waals surface area contributed by atoms with E-state index in [4.69, 9.17) is 0 Å². The van der Waals surface area contributed by atoms with Gasteiger partial charge in [-0.15, -0.1) is 0 Å². The zero-order valence-corrected chi connectivity index (χ0v) is 12.1. The molecule has 0 spiro atoms. The molecule has 2 aromatic rings. The van der Waals surface area contributed by atoms with Gasteiger partial charge in [-0.25, -0.2) is 0 Å². The second-order valence-corrected chi connectivity index (χ2v) is 5.02. The van der Waals surface area contributed by atoms with Crippen LogP contribution in [0.1, 0.15) is 23.0 Å². The van der Waals surface area contributed by atoms with Crippen molar-refractivity contribution in [1.82, 2.24) is 10.3 Å². The van der Waals surface area contributed by atoms with Gasteiger partial charge >= 0.3 is 0 Å². The standard InChI is InChI=1S/C16H19N3O2/c1-11-8-15(20)14(10-17-11)16(21)18-9-12(2)19-13-6-4-3-5-7-13/h3-8,10,12,19H,9H2,1-2H3,(H,17,20)(H,18,21). The molecular formula is C16H19N3O2. The molecule has 1 aromatic heterocycles. The van der Waals surface area contributed by atoms with Crippen LogP contribution in [0.3, 0.4) is 0 Å². The summed E-state index contributed by atoms with van der Waals surface area (Å²) in [5.74, 6) is -0.363. The van der Waals surface area contributed by atoms with E-state index < -0.39 is 0 Å². The topological polar surface area (TPSA) is 74.0 Å². The van der Waals surface area contributed by atoms with Crippen molar-refractivity contribution in [3.8, 4) is 0 Å². The Kier molecular flexibility index (Phi) is 4.77. The van der Waals surface area contributed by atoms with E-state index in [9.17, 15) is 9.59 Å². The van der Waals surface area contributed by atoms with E-state index in [-0.39, 0.29) is 22.9 Å². The molecule has 0 aliphatic carbocycles. The Morgan fingerprint density at radius 1 is 1.29 bits per heavy atom. The first kappa shape index (κ1) is 14.8. The third kappa shape index (κ3) is 4.21. The molecule has 0 saturated heterocycles. The highest BCUT2D eigenvalue weighted by molar-refractivity contribution is 5.93. The molecule has 5 heteroatoms. The van der Waals surface area contributed by atoms with Gasteiger partial charge in [-0.2, -0.15) is 0 Å². The lowest BCUT2D eigenvalue weighted by atomic mass is 10.2. The summed E-state index contributed by atoms with van der Waals surface area (Å²) >= 11 is 0. The lowest BCUT2D eigenvalue weighted by molar-refractivity contribution is 0.0951. The number of carbonyl (C=O) groups excluding carboxylic acids is 1. The van der Waals surface area contributed by atoms with Crippen molar-refractivity contribution in [2.24, 2.45) is 0 Å². The van der Waals surface area contributed by atoms with Crippen molar-refractivity contribution in [3.05, 3.63) is 64.1 Å². The van der Waals surface area contributed by atoms with Crippen LogP contribution in [0.4, 0.5) is 5.69 Å². The first-order chi connectivity index (χ1) is 10.1.